The minimum Gasteiger partial charge on any atom is -0.493 e. The van der Waals surface area contributed by atoms with E-state index in [1.165, 1.54) is 20.3 Å². The average Bonchev–Trinajstić information content (AvgIpc) is 2.69. The molecule has 5 nitrogen and oxygen atoms in total. The SMILES string of the molecule is COc1cc2c(cc1OC)CN(S(=O)(=O)c1c(F)c(F)c(F)c(F)c1F)CC2. The molecule has 1 aliphatic rings. The average molecular weight is 423 g/mol. The lowest BCUT2D eigenvalue weighted by atomic mass is 10.0. The molecule has 2 aromatic carbocycles. The second-order valence-electron chi connectivity index (χ2n) is 5.96. The Balaban J connectivity index is 2.07. The van der Waals surface area contributed by atoms with E-state index in [-0.39, 0.29) is 19.5 Å². The van der Waals surface area contributed by atoms with E-state index in [0.29, 0.717) is 26.9 Å². The van der Waals surface area contributed by atoms with Gasteiger partial charge in [-0.2, -0.15) is 4.31 Å². The maximum absolute atomic E-state index is 14.0. The van der Waals surface area contributed by atoms with Crippen LogP contribution in [0.25, 0.3) is 0 Å². The van der Waals surface area contributed by atoms with Gasteiger partial charge in [-0.3, -0.25) is 0 Å². The highest BCUT2D eigenvalue weighted by Gasteiger charge is 2.38. The van der Waals surface area contributed by atoms with Crippen molar-refractivity contribution >= 4 is 10.0 Å². The summed E-state index contributed by atoms with van der Waals surface area (Å²) in [5.41, 5.74) is 1.16. The van der Waals surface area contributed by atoms with Gasteiger partial charge in [-0.25, -0.2) is 30.4 Å². The number of nitrogens with zero attached hydrogens (tertiary/aromatic N) is 1. The van der Waals surface area contributed by atoms with E-state index < -0.39 is 44.0 Å². The van der Waals surface area contributed by atoms with Crippen molar-refractivity contribution in [1.29, 1.82) is 0 Å². The lowest BCUT2D eigenvalue weighted by Gasteiger charge is -2.29. The highest BCUT2D eigenvalue weighted by Crippen LogP contribution is 2.36. The van der Waals surface area contributed by atoms with E-state index in [2.05, 4.69) is 0 Å². The predicted molar refractivity (Wildman–Crippen MR) is 87.1 cm³/mol. The summed E-state index contributed by atoms with van der Waals surface area (Å²) in [5, 5.41) is 0. The van der Waals surface area contributed by atoms with E-state index in [0.717, 1.165) is 0 Å². The highest BCUT2D eigenvalue weighted by molar-refractivity contribution is 7.89. The van der Waals surface area contributed by atoms with Crippen molar-refractivity contribution in [2.75, 3.05) is 20.8 Å². The van der Waals surface area contributed by atoms with Crippen LogP contribution in [-0.4, -0.2) is 33.5 Å². The Morgan fingerprint density at radius 2 is 1.29 bits per heavy atom. The third kappa shape index (κ3) is 3.08. The molecule has 3 rings (SSSR count). The molecule has 2 aromatic rings. The second kappa shape index (κ2) is 7.21. The number of benzene rings is 2. The van der Waals surface area contributed by atoms with Crippen LogP contribution in [0.4, 0.5) is 22.0 Å². The molecule has 0 fully saturated rings. The molecule has 0 aliphatic carbocycles. The van der Waals surface area contributed by atoms with Gasteiger partial charge in [0.25, 0.3) is 0 Å². The van der Waals surface area contributed by atoms with E-state index in [4.69, 9.17) is 9.47 Å². The summed E-state index contributed by atoms with van der Waals surface area (Å²) < 4.78 is 104. The van der Waals surface area contributed by atoms with Gasteiger partial charge in [0.05, 0.1) is 14.2 Å². The lowest BCUT2D eigenvalue weighted by molar-refractivity contribution is 0.340. The van der Waals surface area contributed by atoms with Crippen molar-refractivity contribution in [3.8, 4) is 11.5 Å². The molecule has 152 valence electrons. The van der Waals surface area contributed by atoms with E-state index >= 15 is 0 Å². The fraction of sp³-hybridized carbons (Fsp3) is 0.294. The Hall–Kier alpha value is -2.40. The van der Waals surface area contributed by atoms with Crippen LogP contribution in [0.3, 0.4) is 0 Å². The first-order valence-electron chi connectivity index (χ1n) is 7.88. The van der Waals surface area contributed by atoms with Crippen molar-refractivity contribution in [1.82, 2.24) is 4.31 Å². The fourth-order valence-corrected chi connectivity index (χ4v) is 4.53. The number of halogens is 5. The fourth-order valence-electron chi connectivity index (χ4n) is 3.00. The Morgan fingerprint density at radius 3 is 1.79 bits per heavy atom. The van der Waals surface area contributed by atoms with Crippen molar-refractivity contribution in [3.05, 3.63) is 52.3 Å². The minimum atomic E-state index is -5.00. The van der Waals surface area contributed by atoms with Gasteiger partial charge in [0.1, 0.15) is 0 Å². The first-order valence-corrected chi connectivity index (χ1v) is 9.32. The zero-order valence-corrected chi connectivity index (χ0v) is 15.5. The normalized spacial score (nSPS) is 14.7. The number of ether oxygens (including phenoxy) is 2. The predicted octanol–water partition coefficient (Wildman–Crippen LogP) is 3.15. The van der Waals surface area contributed by atoms with E-state index in [9.17, 15) is 30.4 Å². The number of hydrogen-bond acceptors (Lipinski definition) is 4. The molecule has 11 heteroatoms. The number of rotatable bonds is 4. The summed E-state index contributed by atoms with van der Waals surface area (Å²) in [6.45, 7) is -0.554. The third-order valence-electron chi connectivity index (χ3n) is 4.45. The van der Waals surface area contributed by atoms with Crippen molar-refractivity contribution < 1.29 is 39.8 Å². The number of methoxy groups -OCH3 is 2. The van der Waals surface area contributed by atoms with Crippen LogP contribution in [0.2, 0.25) is 0 Å². The molecule has 28 heavy (non-hydrogen) atoms. The minimum absolute atomic E-state index is 0.143. The van der Waals surface area contributed by atoms with E-state index in [1.807, 2.05) is 0 Å². The number of fused-ring (bicyclic) bond motifs is 1. The van der Waals surface area contributed by atoms with Crippen LogP contribution in [-0.2, 0) is 23.0 Å². The molecule has 0 spiro atoms. The molecule has 0 radical (unpaired) electrons. The molecule has 0 atom stereocenters. The zero-order valence-electron chi connectivity index (χ0n) is 14.7. The van der Waals surface area contributed by atoms with Crippen LogP contribution in [0, 0.1) is 29.1 Å². The Morgan fingerprint density at radius 1 is 0.821 bits per heavy atom. The molecule has 0 saturated heterocycles. The van der Waals surface area contributed by atoms with Crippen molar-refractivity contribution in [2.45, 2.75) is 17.9 Å². The monoisotopic (exact) mass is 423 g/mol. The summed E-state index contributed by atoms with van der Waals surface area (Å²) in [6, 6.07) is 3.13. The molecular weight excluding hydrogens is 409 g/mol. The first-order chi connectivity index (χ1) is 13.1. The van der Waals surface area contributed by atoms with Gasteiger partial charge in [0, 0.05) is 13.1 Å². The largest absolute Gasteiger partial charge is 0.493 e. The van der Waals surface area contributed by atoms with Gasteiger partial charge in [-0.05, 0) is 29.7 Å². The van der Waals surface area contributed by atoms with Crippen LogP contribution in [0.5, 0.6) is 11.5 Å². The van der Waals surface area contributed by atoms with Gasteiger partial charge in [-0.1, -0.05) is 0 Å². The van der Waals surface area contributed by atoms with Crippen molar-refractivity contribution in [3.63, 3.8) is 0 Å². The smallest absolute Gasteiger partial charge is 0.249 e. The summed E-state index contributed by atoms with van der Waals surface area (Å²) in [5.74, 6) is -11.1. The Bertz CT molecular complexity index is 1030. The highest BCUT2D eigenvalue weighted by atomic mass is 32.2. The first kappa shape index (κ1) is 20.3. The maximum Gasteiger partial charge on any atom is 0.249 e. The molecule has 0 saturated carbocycles. The molecule has 0 amide bonds. The van der Waals surface area contributed by atoms with Crippen molar-refractivity contribution in [2.24, 2.45) is 0 Å². The summed E-state index contributed by atoms with van der Waals surface area (Å²) in [6.07, 6.45) is 0.143. The topological polar surface area (TPSA) is 55.8 Å². The molecular formula is C17H14F5NO4S. The quantitative estimate of drug-likeness (QED) is 0.431. The Labute approximate surface area is 157 Å². The second-order valence-corrected chi connectivity index (χ2v) is 7.84. The molecule has 0 unspecified atom stereocenters. The van der Waals surface area contributed by atoms with Gasteiger partial charge in [0.15, 0.2) is 39.7 Å². The molecule has 0 N–H and O–H groups in total. The zero-order chi connectivity index (χ0) is 20.8. The van der Waals surface area contributed by atoms with Gasteiger partial charge in [0.2, 0.25) is 15.8 Å². The number of hydrogen-bond donors (Lipinski definition) is 0. The lowest BCUT2D eigenvalue weighted by Crippen LogP contribution is -2.37. The molecule has 0 bridgehead atoms. The van der Waals surface area contributed by atoms with Gasteiger partial charge >= 0.3 is 0 Å². The number of sulfonamides is 1. The van der Waals surface area contributed by atoms with Crippen LogP contribution in [0.15, 0.2) is 17.0 Å². The summed E-state index contributed by atoms with van der Waals surface area (Å²) >= 11 is 0. The van der Waals surface area contributed by atoms with E-state index in [1.54, 1.807) is 6.07 Å². The summed E-state index contributed by atoms with van der Waals surface area (Å²) in [4.78, 5) is -1.87. The third-order valence-corrected chi connectivity index (χ3v) is 6.32. The molecule has 1 heterocycles. The van der Waals surface area contributed by atoms with Crippen LogP contribution >= 0.6 is 0 Å². The van der Waals surface area contributed by atoms with Gasteiger partial charge in [-0.15, -0.1) is 0 Å². The maximum atomic E-state index is 14.0. The standard InChI is InChI=1S/C17H14F5NO4S/c1-26-10-5-8-3-4-23(7-9(8)6-11(10)27-2)28(24,25)17-15(21)13(19)12(18)14(20)16(17)22/h5-6H,3-4,7H2,1-2H3. The summed E-state index contributed by atoms with van der Waals surface area (Å²) in [7, 11) is -2.20. The Kier molecular flexibility index (Phi) is 5.24. The van der Waals surface area contributed by atoms with Crippen LogP contribution in [0.1, 0.15) is 11.1 Å². The molecule has 1 aliphatic heterocycles. The van der Waals surface area contributed by atoms with Gasteiger partial charge < -0.3 is 9.47 Å². The molecule has 0 aromatic heterocycles. The van der Waals surface area contributed by atoms with Crippen LogP contribution < -0.4 is 9.47 Å².